The second-order valence-electron chi connectivity index (χ2n) is 7.21. The molecule has 0 aromatic heterocycles. The molecule has 0 saturated heterocycles. The van der Waals surface area contributed by atoms with Crippen LogP contribution in [0, 0.1) is 5.41 Å². The Balaban J connectivity index is 5.19. The van der Waals surface area contributed by atoms with Crippen LogP contribution in [0.2, 0.25) is 0 Å². The van der Waals surface area contributed by atoms with Gasteiger partial charge in [-0.25, -0.2) is 0 Å². The largest absolute Gasteiger partial charge is 0.369 e. The second kappa shape index (κ2) is 7.02. The van der Waals surface area contributed by atoms with Crippen molar-refractivity contribution < 1.29 is 19.1 Å². The first kappa shape index (κ1) is 19.6. The number of Topliss-reactive ketones (excluding diaryl/α,β-unsaturated/α-hetero) is 1. The summed E-state index contributed by atoms with van der Waals surface area (Å²) in [6.45, 7) is 12.0. The van der Waals surface area contributed by atoms with E-state index in [9.17, 15) is 14.4 Å². The molecule has 0 aliphatic heterocycles. The van der Waals surface area contributed by atoms with Gasteiger partial charge in [0.25, 0.3) is 5.91 Å². The monoisotopic (exact) mass is 300 g/mol. The summed E-state index contributed by atoms with van der Waals surface area (Å²) >= 11 is 0. The minimum Gasteiger partial charge on any atom is -0.369 e. The molecule has 2 unspecified atom stereocenters. The van der Waals surface area contributed by atoms with Crippen molar-refractivity contribution >= 4 is 17.6 Å². The van der Waals surface area contributed by atoms with Crippen molar-refractivity contribution in [1.29, 1.82) is 0 Å². The van der Waals surface area contributed by atoms with Gasteiger partial charge in [0, 0.05) is 18.1 Å². The molecule has 0 rings (SSSR count). The molecule has 2 amide bonds. The van der Waals surface area contributed by atoms with Crippen LogP contribution in [-0.2, 0) is 19.1 Å². The third-order valence-corrected chi connectivity index (χ3v) is 2.72. The number of hydrogen-bond donors (Lipinski definition) is 2. The van der Waals surface area contributed by atoms with Gasteiger partial charge in [0.1, 0.15) is 6.04 Å². The molecule has 6 nitrogen and oxygen atoms in total. The molecule has 0 heterocycles. The van der Waals surface area contributed by atoms with Crippen LogP contribution < -0.4 is 10.6 Å². The Hall–Kier alpha value is -1.43. The molecule has 0 saturated carbocycles. The van der Waals surface area contributed by atoms with E-state index in [0.717, 1.165) is 0 Å². The highest BCUT2D eigenvalue weighted by atomic mass is 16.5. The van der Waals surface area contributed by atoms with E-state index in [4.69, 9.17) is 4.74 Å². The summed E-state index contributed by atoms with van der Waals surface area (Å²) in [7, 11) is 1.34. The minimum absolute atomic E-state index is 0.312. The van der Waals surface area contributed by atoms with Crippen LogP contribution in [0.5, 0.6) is 0 Å². The molecule has 6 heteroatoms. The lowest BCUT2D eigenvalue weighted by atomic mass is 9.94. The van der Waals surface area contributed by atoms with Gasteiger partial charge in [0.15, 0.2) is 11.9 Å². The second-order valence-corrected chi connectivity index (χ2v) is 7.21. The summed E-state index contributed by atoms with van der Waals surface area (Å²) in [5.41, 5.74) is -1.12. The third kappa shape index (κ3) is 6.71. The first-order valence-electron chi connectivity index (χ1n) is 6.96. The maximum atomic E-state index is 12.2. The fourth-order valence-electron chi connectivity index (χ4n) is 1.58. The number of carbonyl (C=O) groups is 3. The number of methoxy groups -OCH3 is 1. The smallest absolute Gasteiger partial charge is 0.252 e. The van der Waals surface area contributed by atoms with Crippen molar-refractivity contribution in [3.05, 3.63) is 0 Å². The van der Waals surface area contributed by atoms with Crippen LogP contribution in [-0.4, -0.2) is 42.4 Å². The van der Waals surface area contributed by atoms with Crippen LogP contribution in [0.1, 0.15) is 48.5 Å². The normalized spacial score (nSPS) is 15.0. The van der Waals surface area contributed by atoms with Crippen molar-refractivity contribution in [1.82, 2.24) is 10.6 Å². The maximum absolute atomic E-state index is 12.2. The average molecular weight is 300 g/mol. The van der Waals surface area contributed by atoms with Gasteiger partial charge in [-0.3, -0.25) is 14.4 Å². The Kier molecular flexibility index (Phi) is 6.54. The van der Waals surface area contributed by atoms with E-state index in [1.807, 2.05) is 20.8 Å². The van der Waals surface area contributed by atoms with Crippen molar-refractivity contribution in [2.75, 3.05) is 7.11 Å². The quantitative estimate of drug-likeness (QED) is 0.794. The van der Waals surface area contributed by atoms with Crippen molar-refractivity contribution in [3.8, 4) is 0 Å². The molecule has 0 radical (unpaired) electrons. The molecular formula is C15H28N2O4. The van der Waals surface area contributed by atoms with Crippen LogP contribution in [0.4, 0.5) is 0 Å². The van der Waals surface area contributed by atoms with Gasteiger partial charge in [0.2, 0.25) is 5.91 Å². The van der Waals surface area contributed by atoms with Gasteiger partial charge < -0.3 is 15.4 Å². The van der Waals surface area contributed by atoms with E-state index in [2.05, 4.69) is 10.6 Å². The van der Waals surface area contributed by atoms with Gasteiger partial charge >= 0.3 is 0 Å². The first-order chi connectivity index (χ1) is 9.29. The molecule has 0 aromatic carbocycles. The number of amides is 2. The van der Waals surface area contributed by atoms with Gasteiger partial charge in [-0.2, -0.15) is 0 Å². The summed E-state index contributed by atoms with van der Waals surface area (Å²) in [5, 5.41) is 5.35. The highest BCUT2D eigenvalue weighted by Gasteiger charge is 2.36. The summed E-state index contributed by atoms with van der Waals surface area (Å²) in [5.74, 6) is -1.07. The fraction of sp³-hybridized carbons (Fsp3) is 0.800. The summed E-state index contributed by atoms with van der Waals surface area (Å²) in [6.07, 6.45) is -1.06. The van der Waals surface area contributed by atoms with Crippen LogP contribution in [0.3, 0.4) is 0 Å². The lowest BCUT2D eigenvalue weighted by Crippen LogP contribution is -2.58. The summed E-state index contributed by atoms with van der Waals surface area (Å²) in [4.78, 5) is 36.1. The van der Waals surface area contributed by atoms with E-state index < -0.39 is 29.0 Å². The molecule has 0 aliphatic carbocycles. The standard InChI is InChI=1S/C15H28N2O4/c1-9(18)10(16-13(20)14(2,3)4)11(21-8)12(19)17-15(5,6)7/h10-11H,1-8H3,(H,16,20)(H,17,19). The van der Waals surface area contributed by atoms with Gasteiger partial charge in [-0.15, -0.1) is 0 Å². The van der Waals surface area contributed by atoms with Crippen LogP contribution in [0.25, 0.3) is 0 Å². The van der Waals surface area contributed by atoms with E-state index >= 15 is 0 Å². The predicted octanol–water partition coefficient (Wildman–Crippen LogP) is 1.04. The Morgan fingerprint density at radius 3 is 1.76 bits per heavy atom. The zero-order chi connectivity index (χ0) is 17.0. The number of nitrogens with one attached hydrogen (secondary N) is 2. The molecule has 21 heavy (non-hydrogen) atoms. The molecule has 0 aromatic rings. The lowest BCUT2D eigenvalue weighted by Gasteiger charge is -2.30. The molecule has 122 valence electrons. The highest BCUT2D eigenvalue weighted by Crippen LogP contribution is 2.14. The number of hydrogen-bond acceptors (Lipinski definition) is 4. The van der Waals surface area contributed by atoms with Gasteiger partial charge in [0.05, 0.1) is 0 Å². The molecule has 0 spiro atoms. The Morgan fingerprint density at radius 1 is 1.00 bits per heavy atom. The number of rotatable bonds is 5. The number of carbonyl (C=O) groups excluding carboxylic acids is 3. The van der Waals surface area contributed by atoms with Gasteiger partial charge in [-0.05, 0) is 27.7 Å². The third-order valence-electron chi connectivity index (χ3n) is 2.72. The topological polar surface area (TPSA) is 84.5 Å². The molecule has 0 fully saturated rings. The Bertz CT molecular complexity index is 405. The Morgan fingerprint density at radius 2 is 1.48 bits per heavy atom. The SMILES string of the molecule is COC(C(=O)NC(C)(C)C)C(NC(=O)C(C)(C)C)C(C)=O. The molecule has 0 aliphatic rings. The molecule has 0 bridgehead atoms. The maximum Gasteiger partial charge on any atom is 0.252 e. The van der Waals surface area contributed by atoms with E-state index in [1.165, 1.54) is 14.0 Å². The minimum atomic E-state index is -1.06. The van der Waals surface area contributed by atoms with E-state index in [0.29, 0.717) is 0 Å². The van der Waals surface area contributed by atoms with Crippen LogP contribution >= 0.6 is 0 Å². The van der Waals surface area contributed by atoms with Crippen LogP contribution in [0.15, 0.2) is 0 Å². The summed E-state index contributed by atoms with van der Waals surface area (Å²) in [6, 6.07) is -1.01. The van der Waals surface area contributed by atoms with Gasteiger partial charge in [-0.1, -0.05) is 20.8 Å². The molecule has 2 atom stereocenters. The van der Waals surface area contributed by atoms with Crippen molar-refractivity contribution in [2.24, 2.45) is 5.41 Å². The van der Waals surface area contributed by atoms with Crippen molar-refractivity contribution in [3.63, 3.8) is 0 Å². The average Bonchev–Trinajstić information content (AvgIpc) is 2.24. The molecule has 2 N–H and O–H groups in total. The zero-order valence-electron chi connectivity index (χ0n) is 14.3. The lowest BCUT2D eigenvalue weighted by molar-refractivity contribution is -0.142. The van der Waals surface area contributed by atoms with E-state index in [1.54, 1.807) is 20.8 Å². The zero-order valence-corrected chi connectivity index (χ0v) is 14.3. The first-order valence-corrected chi connectivity index (χ1v) is 6.96. The summed E-state index contributed by atoms with van der Waals surface area (Å²) < 4.78 is 5.15. The highest BCUT2D eigenvalue weighted by molar-refractivity contribution is 5.95. The Labute approximate surface area is 127 Å². The fourth-order valence-corrected chi connectivity index (χ4v) is 1.58. The predicted molar refractivity (Wildman–Crippen MR) is 80.8 cm³/mol. The van der Waals surface area contributed by atoms with Crippen molar-refractivity contribution in [2.45, 2.75) is 66.2 Å². The number of ketones is 1. The molecular weight excluding hydrogens is 272 g/mol. The van der Waals surface area contributed by atoms with E-state index in [-0.39, 0.29) is 11.7 Å². The number of ether oxygens (including phenoxy) is 1.